The van der Waals surface area contributed by atoms with Crippen molar-refractivity contribution in [2.45, 2.75) is 51.0 Å². The molecule has 32 heavy (non-hydrogen) atoms. The molecule has 172 valence electrons. The van der Waals surface area contributed by atoms with Crippen LogP contribution in [-0.2, 0) is 0 Å². The quantitative estimate of drug-likeness (QED) is 0.542. The molecule has 0 radical (unpaired) electrons. The number of nitrogens with one attached hydrogen (secondary N) is 1. The van der Waals surface area contributed by atoms with E-state index in [9.17, 15) is 9.90 Å². The first-order chi connectivity index (χ1) is 15.4. The largest absolute Gasteiger partial charge is 0.386 e. The zero-order valence-electron chi connectivity index (χ0n) is 18.9. The Balaban J connectivity index is 1.47. The van der Waals surface area contributed by atoms with Gasteiger partial charge < -0.3 is 19.9 Å². The Morgan fingerprint density at radius 2 is 2.09 bits per heavy atom. The molecule has 2 N–H and O–H groups in total. The van der Waals surface area contributed by atoms with Crippen LogP contribution in [0.4, 0.5) is 4.79 Å². The summed E-state index contributed by atoms with van der Waals surface area (Å²) in [6.45, 7) is 9.25. The van der Waals surface area contributed by atoms with Crippen molar-refractivity contribution in [2.24, 2.45) is 0 Å². The molecule has 1 aliphatic carbocycles. The summed E-state index contributed by atoms with van der Waals surface area (Å²) in [7, 11) is 0. The van der Waals surface area contributed by atoms with Crippen LogP contribution in [0.5, 0.6) is 0 Å². The molecule has 1 aliphatic heterocycles. The van der Waals surface area contributed by atoms with Crippen molar-refractivity contribution < 1.29 is 9.90 Å². The zero-order valence-corrected chi connectivity index (χ0v) is 19.7. The van der Waals surface area contributed by atoms with Gasteiger partial charge in [0.1, 0.15) is 5.82 Å². The van der Waals surface area contributed by atoms with E-state index in [0.717, 1.165) is 17.2 Å². The number of amides is 2. The first-order valence-corrected chi connectivity index (χ1v) is 11.6. The standard InChI is InChI=1S/C25H33ClN4O2/c1-4-8-21(26)9-6-13-25(32)14-17-29(18-15-25)24(31)27-16-7-10-22-28-23(20-11-12-20)19(3)30(22)5-2/h4-10,13,20,32H,2,11-12,14-18H2,1,3H3,(H,27,31)/b8-4-,10-7-,13-6+,21-9+. The smallest absolute Gasteiger partial charge is 0.317 e. The summed E-state index contributed by atoms with van der Waals surface area (Å²) in [5.41, 5.74) is 1.38. The number of aromatic nitrogens is 2. The van der Waals surface area contributed by atoms with Crippen LogP contribution >= 0.6 is 11.6 Å². The highest BCUT2D eigenvalue weighted by Crippen LogP contribution is 2.41. The second-order valence-electron chi connectivity index (χ2n) is 8.36. The molecule has 1 aromatic rings. The summed E-state index contributed by atoms with van der Waals surface area (Å²) < 4.78 is 1.99. The number of rotatable bonds is 8. The van der Waals surface area contributed by atoms with Crippen molar-refractivity contribution >= 4 is 29.9 Å². The molecular weight excluding hydrogens is 424 g/mol. The van der Waals surface area contributed by atoms with Gasteiger partial charge in [-0.1, -0.05) is 42.5 Å². The number of hydrogen-bond acceptors (Lipinski definition) is 3. The summed E-state index contributed by atoms with van der Waals surface area (Å²) >= 11 is 6.02. The van der Waals surface area contributed by atoms with Gasteiger partial charge in [0.25, 0.3) is 0 Å². The molecule has 0 spiro atoms. The van der Waals surface area contributed by atoms with Crippen molar-refractivity contribution in [2.75, 3.05) is 19.6 Å². The van der Waals surface area contributed by atoms with Crippen molar-refractivity contribution in [1.29, 1.82) is 0 Å². The maximum absolute atomic E-state index is 12.5. The number of imidazole rings is 1. The minimum Gasteiger partial charge on any atom is -0.386 e. The molecular formula is C25H33ClN4O2. The maximum atomic E-state index is 12.5. The normalized spacial score (nSPS) is 19.4. The van der Waals surface area contributed by atoms with Crippen molar-refractivity contribution in [3.05, 3.63) is 65.3 Å². The molecule has 0 atom stereocenters. The summed E-state index contributed by atoms with van der Waals surface area (Å²) in [6, 6.07) is -0.126. The van der Waals surface area contributed by atoms with Gasteiger partial charge in [0, 0.05) is 42.5 Å². The minimum absolute atomic E-state index is 0.126. The van der Waals surface area contributed by atoms with E-state index in [1.54, 1.807) is 35.4 Å². The van der Waals surface area contributed by atoms with Crippen LogP contribution in [0.15, 0.2) is 48.1 Å². The van der Waals surface area contributed by atoms with Gasteiger partial charge in [-0.25, -0.2) is 9.78 Å². The number of carbonyl (C=O) groups excluding carboxylic acids is 1. The molecule has 0 unspecified atom stereocenters. The van der Waals surface area contributed by atoms with Gasteiger partial charge in [-0.3, -0.25) is 0 Å². The second kappa shape index (κ2) is 10.8. The molecule has 0 aromatic carbocycles. The lowest BCUT2D eigenvalue weighted by Crippen LogP contribution is -2.49. The van der Waals surface area contributed by atoms with Gasteiger partial charge in [-0.05, 0) is 57.8 Å². The van der Waals surface area contributed by atoms with Crippen molar-refractivity contribution in [3.8, 4) is 0 Å². The van der Waals surface area contributed by atoms with E-state index in [1.165, 1.54) is 12.8 Å². The fourth-order valence-corrected chi connectivity index (χ4v) is 4.06. The summed E-state index contributed by atoms with van der Waals surface area (Å²) in [4.78, 5) is 19.0. The Hall–Kier alpha value is -2.57. The molecule has 7 heteroatoms. The van der Waals surface area contributed by atoms with Gasteiger partial charge in [-0.15, -0.1) is 0 Å². The fourth-order valence-electron chi connectivity index (χ4n) is 3.86. The van der Waals surface area contributed by atoms with Crippen molar-refractivity contribution in [3.63, 3.8) is 0 Å². The van der Waals surface area contributed by atoms with E-state index in [-0.39, 0.29) is 6.03 Å². The topological polar surface area (TPSA) is 70.4 Å². The van der Waals surface area contributed by atoms with Gasteiger partial charge in [0.15, 0.2) is 0 Å². The van der Waals surface area contributed by atoms with Crippen LogP contribution < -0.4 is 5.32 Å². The van der Waals surface area contributed by atoms with E-state index in [1.807, 2.05) is 29.7 Å². The molecule has 2 fully saturated rings. The summed E-state index contributed by atoms with van der Waals surface area (Å²) in [6.07, 6.45) is 17.9. The number of aliphatic hydroxyl groups is 1. The number of hydrogen-bond donors (Lipinski definition) is 2. The Bertz CT molecular complexity index is 945. The number of piperidine rings is 1. The van der Waals surface area contributed by atoms with Crippen LogP contribution in [0.1, 0.15) is 55.7 Å². The Labute approximate surface area is 195 Å². The molecule has 1 saturated carbocycles. The average molecular weight is 457 g/mol. The highest BCUT2D eigenvalue weighted by molar-refractivity contribution is 6.31. The monoisotopic (exact) mass is 456 g/mol. The summed E-state index contributed by atoms with van der Waals surface area (Å²) in [5, 5.41) is 14.2. The SMILES string of the molecule is C=Cn1c(/C=C\CNC(=O)N2CCC(O)(/C=C/C=C(Cl)\C=C/C)CC2)nc(C2CC2)c1C. The molecule has 6 nitrogen and oxygen atoms in total. The average Bonchev–Trinajstić information content (AvgIpc) is 3.55. The highest BCUT2D eigenvalue weighted by Gasteiger charge is 2.31. The molecule has 0 bridgehead atoms. The third-order valence-electron chi connectivity index (χ3n) is 5.90. The predicted octanol–water partition coefficient (Wildman–Crippen LogP) is 4.97. The van der Waals surface area contributed by atoms with E-state index in [2.05, 4.69) is 18.8 Å². The number of carbonyl (C=O) groups is 1. The van der Waals surface area contributed by atoms with Gasteiger partial charge in [0.2, 0.25) is 0 Å². The molecule has 1 saturated heterocycles. The third kappa shape index (κ3) is 6.24. The lowest BCUT2D eigenvalue weighted by molar-refractivity contribution is 0.0297. The molecule has 1 aromatic heterocycles. The van der Waals surface area contributed by atoms with Crippen LogP contribution in [0.25, 0.3) is 12.3 Å². The fraction of sp³-hybridized carbons (Fsp3) is 0.440. The summed E-state index contributed by atoms with van der Waals surface area (Å²) in [5.74, 6) is 1.42. The van der Waals surface area contributed by atoms with Gasteiger partial charge in [0.05, 0.1) is 11.3 Å². The van der Waals surface area contributed by atoms with Crippen LogP contribution in [-0.4, -0.2) is 50.8 Å². The van der Waals surface area contributed by atoms with E-state index < -0.39 is 5.60 Å². The number of allylic oxidation sites excluding steroid dienone is 5. The molecule has 2 amide bonds. The third-order valence-corrected chi connectivity index (χ3v) is 6.15. The lowest BCUT2D eigenvalue weighted by Gasteiger charge is -2.36. The highest BCUT2D eigenvalue weighted by atomic mass is 35.5. The first kappa shape index (κ1) is 24.1. The van der Waals surface area contributed by atoms with E-state index >= 15 is 0 Å². The van der Waals surface area contributed by atoms with Crippen molar-refractivity contribution in [1.82, 2.24) is 19.8 Å². The number of halogens is 1. The van der Waals surface area contributed by atoms with Crippen LogP contribution in [0, 0.1) is 6.92 Å². The number of urea groups is 1. The Morgan fingerprint density at radius 3 is 2.72 bits per heavy atom. The lowest BCUT2D eigenvalue weighted by atomic mass is 9.91. The van der Waals surface area contributed by atoms with Crippen LogP contribution in [0.2, 0.25) is 0 Å². The second-order valence-corrected chi connectivity index (χ2v) is 8.79. The predicted molar refractivity (Wildman–Crippen MR) is 131 cm³/mol. The van der Waals surface area contributed by atoms with Gasteiger partial charge >= 0.3 is 6.03 Å². The molecule has 2 aliphatic rings. The molecule has 3 rings (SSSR count). The van der Waals surface area contributed by atoms with E-state index in [0.29, 0.717) is 43.4 Å². The minimum atomic E-state index is -0.917. The Morgan fingerprint density at radius 1 is 1.38 bits per heavy atom. The zero-order chi connectivity index (χ0) is 23.1. The molecule has 2 heterocycles. The first-order valence-electron chi connectivity index (χ1n) is 11.2. The van der Waals surface area contributed by atoms with Crippen LogP contribution in [0.3, 0.4) is 0 Å². The van der Waals surface area contributed by atoms with E-state index in [4.69, 9.17) is 16.6 Å². The number of likely N-dealkylation sites (tertiary alicyclic amines) is 1. The number of nitrogens with zero attached hydrogens (tertiary/aromatic N) is 3. The Kier molecular flexibility index (Phi) is 8.15. The maximum Gasteiger partial charge on any atom is 0.317 e. The van der Waals surface area contributed by atoms with Gasteiger partial charge in [-0.2, -0.15) is 0 Å².